The Bertz CT molecular complexity index is 445. The average molecular weight is 345 g/mol. The smallest absolute Gasteiger partial charge is 0.0773 e. The lowest BCUT2D eigenvalue weighted by molar-refractivity contribution is 0.0187. The predicted octanol–water partition coefficient (Wildman–Crippen LogP) is 2.16. The van der Waals surface area contributed by atoms with Crippen LogP contribution >= 0.6 is 15.9 Å². The van der Waals surface area contributed by atoms with Crippen LogP contribution in [-0.2, 0) is 17.7 Å². The summed E-state index contributed by atoms with van der Waals surface area (Å²) in [5, 5.41) is 4.54. The number of aromatic nitrogens is 2. The first kappa shape index (κ1) is 15.9. The van der Waals surface area contributed by atoms with Crippen molar-refractivity contribution in [3.05, 3.63) is 15.9 Å². The number of nitrogens with zero attached hydrogens (tertiary/aromatic N) is 2. The summed E-state index contributed by atoms with van der Waals surface area (Å²) < 4.78 is 9.05. The molecule has 2 rings (SSSR count). The molecule has 2 unspecified atom stereocenters. The van der Waals surface area contributed by atoms with Crippen LogP contribution in [0.15, 0.2) is 4.47 Å². The fourth-order valence-electron chi connectivity index (χ4n) is 2.74. The van der Waals surface area contributed by atoms with Crippen molar-refractivity contribution >= 4 is 15.9 Å². The van der Waals surface area contributed by atoms with E-state index < -0.39 is 0 Å². The van der Waals surface area contributed by atoms with E-state index in [9.17, 15) is 0 Å². The van der Waals surface area contributed by atoms with E-state index in [1.165, 1.54) is 18.5 Å². The van der Waals surface area contributed by atoms with Gasteiger partial charge in [0.1, 0.15) is 0 Å². The van der Waals surface area contributed by atoms with Gasteiger partial charge in [-0.3, -0.25) is 16.0 Å². The van der Waals surface area contributed by atoms with E-state index in [2.05, 4.69) is 33.4 Å². The van der Waals surface area contributed by atoms with Crippen LogP contribution < -0.4 is 11.3 Å². The Kier molecular flexibility index (Phi) is 5.60. The lowest BCUT2D eigenvalue weighted by atomic mass is 10.0. The van der Waals surface area contributed by atoms with Crippen molar-refractivity contribution in [3.63, 3.8) is 0 Å². The number of halogens is 1. The number of hydrazine groups is 1. The standard InChI is InChI=1S/C14H25BrN4O/c1-4-19-12(13(15)9(3)18-19)8-11(17-16)14(20-5-2)10-6-7-10/h10-11,14,17H,4-8,16H2,1-3H3. The van der Waals surface area contributed by atoms with Gasteiger partial charge in [-0.25, -0.2) is 0 Å². The van der Waals surface area contributed by atoms with Crippen molar-refractivity contribution in [2.45, 2.75) is 58.7 Å². The van der Waals surface area contributed by atoms with Crippen LogP contribution in [0.4, 0.5) is 0 Å². The molecule has 1 aromatic heterocycles. The zero-order chi connectivity index (χ0) is 14.7. The number of rotatable bonds is 8. The van der Waals surface area contributed by atoms with Gasteiger partial charge in [-0.15, -0.1) is 0 Å². The molecule has 1 aromatic rings. The van der Waals surface area contributed by atoms with E-state index >= 15 is 0 Å². The molecule has 1 saturated carbocycles. The van der Waals surface area contributed by atoms with E-state index in [-0.39, 0.29) is 12.1 Å². The third-order valence-corrected chi connectivity index (χ3v) is 4.95. The van der Waals surface area contributed by atoms with Gasteiger partial charge in [-0.05, 0) is 55.5 Å². The van der Waals surface area contributed by atoms with Crippen LogP contribution in [0, 0.1) is 12.8 Å². The SMILES string of the molecule is CCOC(C1CC1)C(Cc1c(Br)c(C)nn1CC)NN. The molecular formula is C14H25BrN4O. The van der Waals surface area contributed by atoms with Gasteiger partial charge in [-0.2, -0.15) is 5.10 Å². The third-order valence-electron chi connectivity index (χ3n) is 3.92. The lowest BCUT2D eigenvalue weighted by Gasteiger charge is -2.26. The van der Waals surface area contributed by atoms with Gasteiger partial charge in [0.15, 0.2) is 0 Å². The number of nitrogens with one attached hydrogen (secondary N) is 1. The molecular weight excluding hydrogens is 320 g/mol. The number of nitrogens with two attached hydrogens (primary N) is 1. The molecule has 5 nitrogen and oxygen atoms in total. The summed E-state index contributed by atoms with van der Waals surface area (Å²) in [6, 6.07) is 0.125. The Hall–Kier alpha value is -0.430. The molecule has 1 aliphatic rings. The van der Waals surface area contributed by atoms with Crippen molar-refractivity contribution in [1.29, 1.82) is 0 Å². The van der Waals surface area contributed by atoms with E-state index in [1.54, 1.807) is 0 Å². The van der Waals surface area contributed by atoms with E-state index in [0.717, 1.165) is 29.7 Å². The second kappa shape index (κ2) is 7.02. The molecule has 0 spiro atoms. The summed E-state index contributed by atoms with van der Waals surface area (Å²) in [6.07, 6.45) is 3.51. The minimum Gasteiger partial charge on any atom is -0.377 e. The minimum absolute atomic E-state index is 0.125. The van der Waals surface area contributed by atoms with Gasteiger partial charge in [0.2, 0.25) is 0 Å². The lowest BCUT2D eigenvalue weighted by Crippen LogP contribution is -2.48. The highest BCUT2D eigenvalue weighted by Crippen LogP contribution is 2.37. The molecule has 6 heteroatoms. The Morgan fingerprint density at radius 2 is 2.20 bits per heavy atom. The van der Waals surface area contributed by atoms with Gasteiger partial charge < -0.3 is 4.74 Å². The molecule has 1 fully saturated rings. The quantitative estimate of drug-likeness (QED) is 0.560. The molecule has 0 radical (unpaired) electrons. The van der Waals surface area contributed by atoms with Crippen LogP contribution in [0.25, 0.3) is 0 Å². The predicted molar refractivity (Wildman–Crippen MR) is 83.3 cm³/mol. The first-order chi connectivity index (χ1) is 9.62. The van der Waals surface area contributed by atoms with Gasteiger partial charge in [0.25, 0.3) is 0 Å². The van der Waals surface area contributed by atoms with Crippen molar-refractivity contribution in [2.24, 2.45) is 11.8 Å². The van der Waals surface area contributed by atoms with E-state index in [0.29, 0.717) is 5.92 Å². The first-order valence-corrected chi connectivity index (χ1v) is 8.21. The van der Waals surface area contributed by atoms with Crippen molar-refractivity contribution in [2.75, 3.05) is 6.61 Å². The van der Waals surface area contributed by atoms with Gasteiger partial charge in [-0.1, -0.05) is 0 Å². The number of hydrogen-bond acceptors (Lipinski definition) is 4. The molecule has 2 atom stereocenters. The fraction of sp³-hybridized carbons (Fsp3) is 0.786. The van der Waals surface area contributed by atoms with E-state index in [1.807, 2.05) is 18.5 Å². The summed E-state index contributed by atoms with van der Waals surface area (Å²) in [7, 11) is 0. The largest absolute Gasteiger partial charge is 0.377 e. The monoisotopic (exact) mass is 344 g/mol. The topological polar surface area (TPSA) is 65.1 Å². The molecule has 1 aliphatic carbocycles. The number of hydrogen-bond donors (Lipinski definition) is 2. The van der Waals surface area contributed by atoms with Gasteiger partial charge in [0.05, 0.1) is 28.0 Å². The third kappa shape index (κ3) is 3.42. The van der Waals surface area contributed by atoms with Crippen LogP contribution in [0.5, 0.6) is 0 Å². The van der Waals surface area contributed by atoms with Gasteiger partial charge >= 0.3 is 0 Å². The zero-order valence-electron chi connectivity index (χ0n) is 12.5. The summed E-state index contributed by atoms with van der Waals surface area (Å²) in [4.78, 5) is 0. The normalized spacial score (nSPS) is 18.2. The molecule has 1 heterocycles. The van der Waals surface area contributed by atoms with Crippen LogP contribution in [0.3, 0.4) is 0 Å². The number of ether oxygens (including phenoxy) is 1. The summed E-state index contributed by atoms with van der Waals surface area (Å²) >= 11 is 3.65. The zero-order valence-corrected chi connectivity index (χ0v) is 14.1. The van der Waals surface area contributed by atoms with Gasteiger partial charge in [0, 0.05) is 19.6 Å². The van der Waals surface area contributed by atoms with Crippen LogP contribution in [-0.4, -0.2) is 28.5 Å². The fourth-order valence-corrected chi connectivity index (χ4v) is 3.19. The second-order valence-electron chi connectivity index (χ2n) is 5.40. The molecule has 0 bridgehead atoms. The maximum absolute atomic E-state index is 5.92. The summed E-state index contributed by atoms with van der Waals surface area (Å²) in [6.45, 7) is 7.76. The summed E-state index contributed by atoms with van der Waals surface area (Å²) in [5.74, 6) is 6.44. The molecule has 114 valence electrons. The molecule has 0 aliphatic heterocycles. The summed E-state index contributed by atoms with van der Waals surface area (Å²) in [5.41, 5.74) is 5.18. The Balaban J connectivity index is 2.16. The number of aryl methyl sites for hydroxylation is 2. The molecule has 20 heavy (non-hydrogen) atoms. The first-order valence-electron chi connectivity index (χ1n) is 7.41. The van der Waals surface area contributed by atoms with Crippen LogP contribution in [0.1, 0.15) is 38.1 Å². The van der Waals surface area contributed by atoms with Crippen LogP contribution in [0.2, 0.25) is 0 Å². The minimum atomic E-state index is 0.125. The van der Waals surface area contributed by atoms with E-state index in [4.69, 9.17) is 10.6 Å². The van der Waals surface area contributed by atoms with Crippen molar-refractivity contribution < 1.29 is 4.74 Å². The molecule has 0 aromatic carbocycles. The maximum Gasteiger partial charge on any atom is 0.0773 e. The maximum atomic E-state index is 5.92. The van der Waals surface area contributed by atoms with Crippen molar-refractivity contribution in [3.8, 4) is 0 Å². The molecule has 0 amide bonds. The highest BCUT2D eigenvalue weighted by molar-refractivity contribution is 9.10. The Labute approximate surface area is 129 Å². The highest BCUT2D eigenvalue weighted by Gasteiger charge is 2.37. The Morgan fingerprint density at radius 1 is 1.50 bits per heavy atom. The second-order valence-corrected chi connectivity index (χ2v) is 6.19. The molecule has 3 N–H and O–H groups in total. The molecule has 0 saturated heterocycles. The highest BCUT2D eigenvalue weighted by atomic mass is 79.9. The Morgan fingerprint density at radius 3 is 2.70 bits per heavy atom. The van der Waals surface area contributed by atoms with Crippen molar-refractivity contribution in [1.82, 2.24) is 15.2 Å². The average Bonchev–Trinajstić information content (AvgIpc) is 3.24.